The monoisotopic (exact) mass is 300 g/mol. The zero-order valence-electron chi connectivity index (χ0n) is 11.4. The van der Waals surface area contributed by atoms with Gasteiger partial charge in [-0.15, -0.1) is 22.7 Å². The van der Waals surface area contributed by atoms with Crippen molar-refractivity contribution < 1.29 is 0 Å². The third-order valence-corrected chi connectivity index (χ3v) is 6.11. The minimum atomic E-state index is 0.952. The number of aromatic nitrogens is 1. The van der Waals surface area contributed by atoms with Crippen molar-refractivity contribution in [1.82, 2.24) is 4.98 Å². The molecule has 0 saturated carbocycles. The predicted octanol–water partition coefficient (Wildman–Crippen LogP) is 4.79. The molecule has 4 rings (SSSR count). The molecule has 0 spiro atoms. The van der Waals surface area contributed by atoms with Crippen LogP contribution in [0, 0.1) is 6.92 Å². The van der Waals surface area contributed by atoms with Crippen molar-refractivity contribution >= 4 is 37.9 Å². The first-order valence-electron chi connectivity index (χ1n) is 7.00. The van der Waals surface area contributed by atoms with E-state index in [0.29, 0.717) is 0 Å². The van der Waals surface area contributed by atoms with Crippen molar-refractivity contribution in [2.45, 2.75) is 32.6 Å². The number of hydrogen-bond acceptors (Lipinski definition) is 4. The largest absolute Gasteiger partial charge is 0.390 e. The Morgan fingerprint density at radius 3 is 2.90 bits per heavy atom. The molecule has 1 aliphatic carbocycles. The first kappa shape index (κ1) is 12.4. The van der Waals surface area contributed by atoms with Crippen LogP contribution in [-0.2, 0) is 12.8 Å². The second-order valence-corrected chi connectivity index (χ2v) is 7.61. The average molecular weight is 300 g/mol. The standard InChI is InChI=1S/C16H16N2S2/c1-9-6-7-11-13(8-9)20-16(18-11)14-10-4-2-3-5-12(10)19-15(14)17/h6-8H,2-5,17H2,1H3. The smallest absolute Gasteiger partial charge is 0.127 e. The molecule has 2 aromatic heterocycles. The molecule has 4 heteroatoms. The van der Waals surface area contributed by atoms with Crippen molar-refractivity contribution in [3.63, 3.8) is 0 Å². The highest BCUT2D eigenvalue weighted by Crippen LogP contribution is 2.44. The van der Waals surface area contributed by atoms with Crippen molar-refractivity contribution in [2.24, 2.45) is 0 Å². The van der Waals surface area contributed by atoms with Gasteiger partial charge in [-0.05, 0) is 55.9 Å². The lowest BCUT2D eigenvalue weighted by Gasteiger charge is -2.11. The van der Waals surface area contributed by atoms with Gasteiger partial charge in [0.15, 0.2) is 0 Å². The molecule has 0 aliphatic heterocycles. The van der Waals surface area contributed by atoms with Crippen molar-refractivity contribution in [2.75, 3.05) is 5.73 Å². The molecule has 0 unspecified atom stereocenters. The Morgan fingerprint density at radius 1 is 1.15 bits per heavy atom. The number of thiophene rings is 1. The summed E-state index contributed by atoms with van der Waals surface area (Å²) >= 11 is 3.54. The normalized spacial score (nSPS) is 14.7. The van der Waals surface area contributed by atoms with Gasteiger partial charge in [0.25, 0.3) is 0 Å². The summed E-state index contributed by atoms with van der Waals surface area (Å²) in [4.78, 5) is 6.30. The van der Waals surface area contributed by atoms with Crippen LogP contribution in [0.1, 0.15) is 28.8 Å². The second-order valence-electron chi connectivity index (χ2n) is 5.44. The van der Waals surface area contributed by atoms with Crippen LogP contribution in [0.25, 0.3) is 20.8 Å². The van der Waals surface area contributed by atoms with Gasteiger partial charge in [-0.3, -0.25) is 0 Å². The van der Waals surface area contributed by atoms with E-state index in [2.05, 4.69) is 25.1 Å². The summed E-state index contributed by atoms with van der Waals surface area (Å²) in [5, 5.41) is 2.05. The zero-order valence-corrected chi connectivity index (χ0v) is 13.0. The van der Waals surface area contributed by atoms with Gasteiger partial charge in [0.2, 0.25) is 0 Å². The Kier molecular flexibility index (Phi) is 2.82. The molecule has 0 atom stereocenters. The number of nitrogens with two attached hydrogens (primary N) is 1. The number of anilines is 1. The van der Waals surface area contributed by atoms with E-state index in [1.165, 1.54) is 45.5 Å². The summed E-state index contributed by atoms with van der Waals surface area (Å²) < 4.78 is 1.26. The molecule has 1 aliphatic rings. The molecule has 2 nitrogen and oxygen atoms in total. The third-order valence-electron chi connectivity index (χ3n) is 3.96. The van der Waals surface area contributed by atoms with E-state index in [1.54, 1.807) is 22.7 Å². The number of nitrogens with zero attached hydrogens (tertiary/aromatic N) is 1. The van der Waals surface area contributed by atoms with Gasteiger partial charge in [0.05, 0.1) is 15.2 Å². The van der Waals surface area contributed by atoms with Crippen LogP contribution in [0.4, 0.5) is 5.00 Å². The van der Waals surface area contributed by atoms with Crippen molar-refractivity contribution in [3.05, 3.63) is 34.2 Å². The van der Waals surface area contributed by atoms with E-state index in [-0.39, 0.29) is 0 Å². The van der Waals surface area contributed by atoms with Gasteiger partial charge in [-0.1, -0.05) is 6.07 Å². The maximum Gasteiger partial charge on any atom is 0.127 e. The van der Waals surface area contributed by atoms with E-state index < -0.39 is 0 Å². The van der Waals surface area contributed by atoms with Gasteiger partial charge < -0.3 is 5.73 Å². The quantitative estimate of drug-likeness (QED) is 0.701. The maximum atomic E-state index is 6.29. The van der Waals surface area contributed by atoms with E-state index in [9.17, 15) is 0 Å². The summed E-state index contributed by atoms with van der Waals surface area (Å²) in [7, 11) is 0. The molecule has 0 radical (unpaired) electrons. The molecule has 2 N–H and O–H groups in total. The number of nitrogen functional groups attached to an aromatic ring is 1. The fourth-order valence-corrected chi connectivity index (χ4v) is 5.34. The number of benzene rings is 1. The summed E-state index contributed by atoms with van der Waals surface area (Å²) in [6, 6.07) is 6.45. The van der Waals surface area contributed by atoms with Gasteiger partial charge in [-0.25, -0.2) is 4.98 Å². The highest BCUT2D eigenvalue weighted by molar-refractivity contribution is 7.22. The van der Waals surface area contributed by atoms with Gasteiger partial charge in [0.1, 0.15) is 5.01 Å². The fraction of sp³-hybridized carbons (Fsp3) is 0.312. The molecular weight excluding hydrogens is 284 g/mol. The first-order valence-corrected chi connectivity index (χ1v) is 8.63. The average Bonchev–Trinajstić information content (AvgIpc) is 2.97. The van der Waals surface area contributed by atoms with Crippen LogP contribution in [0.5, 0.6) is 0 Å². The van der Waals surface area contributed by atoms with Crippen LogP contribution in [0.15, 0.2) is 18.2 Å². The highest BCUT2D eigenvalue weighted by atomic mass is 32.1. The molecule has 3 aromatic rings. The van der Waals surface area contributed by atoms with Crippen LogP contribution in [-0.4, -0.2) is 4.98 Å². The first-order chi connectivity index (χ1) is 9.72. The molecular formula is C16H16N2S2. The van der Waals surface area contributed by atoms with Crippen LogP contribution < -0.4 is 5.73 Å². The zero-order chi connectivity index (χ0) is 13.7. The Hall–Kier alpha value is -1.39. The number of hydrogen-bond donors (Lipinski definition) is 1. The number of rotatable bonds is 1. The van der Waals surface area contributed by atoms with E-state index >= 15 is 0 Å². The Bertz CT molecular complexity index is 798. The minimum Gasteiger partial charge on any atom is -0.390 e. The Morgan fingerprint density at radius 2 is 2.00 bits per heavy atom. The maximum absolute atomic E-state index is 6.29. The highest BCUT2D eigenvalue weighted by Gasteiger charge is 2.22. The second kappa shape index (κ2) is 4.57. The number of fused-ring (bicyclic) bond motifs is 2. The van der Waals surface area contributed by atoms with Gasteiger partial charge >= 0.3 is 0 Å². The van der Waals surface area contributed by atoms with Crippen molar-refractivity contribution in [1.29, 1.82) is 0 Å². The molecule has 0 saturated heterocycles. The van der Waals surface area contributed by atoms with Crippen LogP contribution in [0.3, 0.4) is 0 Å². The topological polar surface area (TPSA) is 38.9 Å². The minimum absolute atomic E-state index is 0.952. The summed E-state index contributed by atoms with van der Waals surface area (Å²) in [6.07, 6.45) is 4.92. The molecule has 0 bridgehead atoms. The molecule has 102 valence electrons. The lowest BCUT2D eigenvalue weighted by atomic mass is 9.96. The third kappa shape index (κ3) is 1.86. The molecule has 1 aromatic carbocycles. The number of aryl methyl sites for hydroxylation is 2. The summed E-state index contributed by atoms with van der Waals surface area (Å²) in [5.41, 5.74) is 11.4. The Labute approximate surface area is 126 Å². The van der Waals surface area contributed by atoms with Crippen LogP contribution >= 0.6 is 22.7 Å². The predicted molar refractivity (Wildman–Crippen MR) is 88.7 cm³/mol. The van der Waals surface area contributed by atoms with E-state index in [0.717, 1.165) is 21.9 Å². The van der Waals surface area contributed by atoms with E-state index in [4.69, 9.17) is 10.7 Å². The SMILES string of the molecule is Cc1ccc2nc(-c3c(N)sc4c3CCCC4)sc2c1. The van der Waals surface area contributed by atoms with Gasteiger partial charge in [-0.2, -0.15) is 0 Å². The fourth-order valence-electron chi connectivity index (χ4n) is 2.96. The molecule has 0 fully saturated rings. The summed E-state index contributed by atoms with van der Waals surface area (Å²) in [5.74, 6) is 0. The van der Waals surface area contributed by atoms with Crippen LogP contribution in [0.2, 0.25) is 0 Å². The van der Waals surface area contributed by atoms with Gasteiger partial charge in [0, 0.05) is 10.4 Å². The molecule has 20 heavy (non-hydrogen) atoms. The Balaban J connectivity index is 1.92. The van der Waals surface area contributed by atoms with Crippen molar-refractivity contribution in [3.8, 4) is 10.6 Å². The molecule has 0 amide bonds. The number of thiazole rings is 1. The van der Waals surface area contributed by atoms with E-state index in [1.807, 2.05) is 0 Å². The molecule has 2 heterocycles. The lowest BCUT2D eigenvalue weighted by Crippen LogP contribution is -1.99. The summed E-state index contributed by atoms with van der Waals surface area (Å²) in [6.45, 7) is 2.12. The lowest BCUT2D eigenvalue weighted by molar-refractivity contribution is 0.698.